The molecule has 2 aliphatic heterocycles. The highest BCUT2D eigenvalue weighted by molar-refractivity contribution is 8.00. The summed E-state index contributed by atoms with van der Waals surface area (Å²) in [5.74, 6) is -2.01. The van der Waals surface area contributed by atoms with Crippen LogP contribution in [-0.2, 0) is 28.8 Å². The van der Waals surface area contributed by atoms with E-state index in [1.54, 1.807) is 12.2 Å². The molecule has 5 rings (SSSR count). The number of alkyl halides is 3. The lowest BCUT2D eigenvalue weighted by molar-refractivity contribution is -0.154. The molecule has 2 N–H and O–H groups in total. The average molecular weight is 688 g/mol. The van der Waals surface area contributed by atoms with E-state index in [2.05, 4.69) is 25.6 Å². The van der Waals surface area contributed by atoms with Crippen molar-refractivity contribution in [2.75, 3.05) is 16.9 Å². The Morgan fingerprint density at radius 1 is 1.13 bits per heavy atom. The first-order valence-corrected chi connectivity index (χ1v) is 16.0. The van der Waals surface area contributed by atoms with E-state index in [0.717, 1.165) is 11.3 Å². The minimum atomic E-state index is -3.34. The van der Waals surface area contributed by atoms with Crippen molar-refractivity contribution < 1.29 is 37.5 Å². The molecule has 0 radical (unpaired) electrons. The number of nitrogens with one attached hydrogen (secondary N) is 2. The maximum atomic E-state index is 13.9. The average Bonchev–Trinajstić information content (AvgIpc) is 3.53. The van der Waals surface area contributed by atoms with Crippen molar-refractivity contribution >= 4 is 69.7 Å². The van der Waals surface area contributed by atoms with Crippen LogP contribution in [-0.4, -0.2) is 69.4 Å². The van der Waals surface area contributed by atoms with Crippen LogP contribution in [0.4, 0.5) is 13.9 Å². The molecule has 1 fully saturated rings. The molecule has 0 aliphatic carbocycles. The van der Waals surface area contributed by atoms with Gasteiger partial charge in [0.2, 0.25) is 6.41 Å². The standard InChI is InChI=1S/C30H24ClF2N5O6S2/c31-13-7-12-19-14-45-27-22(36-25(40)21(37-44-29(32)33)20-15-46-30(35-20)34-16-39)26(41)38(27)23(19)28(42)43-24(17-8-3-1-4-9-17)18-10-5-2-6-11-18/h1-12,15-16,22,24,27,29H,13-14H2,(H,36,40)(H,34,35,39)/b12-7+,37-21-/t22-,27+/m1/s1. The van der Waals surface area contributed by atoms with E-state index < -0.39 is 47.6 Å². The molecular formula is C30H24ClF2N5O6S2. The number of thiazole rings is 1. The van der Waals surface area contributed by atoms with Crippen molar-refractivity contribution in [2.24, 2.45) is 5.16 Å². The van der Waals surface area contributed by atoms with E-state index in [4.69, 9.17) is 16.3 Å². The second kappa shape index (κ2) is 15.1. The van der Waals surface area contributed by atoms with E-state index in [-0.39, 0.29) is 28.2 Å². The van der Waals surface area contributed by atoms with E-state index >= 15 is 0 Å². The SMILES string of the molecule is O=CNc1nc(/C(=N/OC(F)F)C(=O)N[C@@H]2C(=O)N3C(C(=O)OC(c4ccccc4)c4ccccc4)=C(/C=C/CCl)CS[C@@H]23)cs1. The van der Waals surface area contributed by atoms with Crippen molar-refractivity contribution in [2.45, 2.75) is 24.1 Å². The van der Waals surface area contributed by atoms with Crippen LogP contribution in [0.2, 0.25) is 0 Å². The first-order chi connectivity index (χ1) is 22.3. The first-order valence-electron chi connectivity index (χ1n) is 13.5. The number of aromatic nitrogens is 1. The normalized spacial score (nSPS) is 18.0. The number of rotatable bonds is 13. The molecule has 1 aromatic heterocycles. The fraction of sp³-hybridized carbons (Fsp3) is 0.200. The number of anilines is 1. The van der Waals surface area contributed by atoms with Crippen molar-refractivity contribution in [1.82, 2.24) is 15.2 Å². The van der Waals surface area contributed by atoms with Crippen LogP contribution in [0.3, 0.4) is 0 Å². The molecule has 238 valence electrons. The number of carbonyl (C=O) groups is 4. The lowest BCUT2D eigenvalue weighted by Gasteiger charge is -2.49. The Morgan fingerprint density at radius 3 is 2.41 bits per heavy atom. The number of oxime groups is 1. The van der Waals surface area contributed by atoms with Gasteiger partial charge in [-0.25, -0.2) is 9.78 Å². The highest BCUT2D eigenvalue weighted by Crippen LogP contribution is 2.42. The Balaban J connectivity index is 1.40. The first kappa shape index (κ1) is 32.8. The molecule has 1 saturated heterocycles. The van der Waals surface area contributed by atoms with Gasteiger partial charge in [-0.1, -0.05) is 78.0 Å². The Hall–Kier alpha value is -4.60. The monoisotopic (exact) mass is 687 g/mol. The van der Waals surface area contributed by atoms with Gasteiger partial charge in [-0.3, -0.25) is 19.3 Å². The van der Waals surface area contributed by atoms with Crippen LogP contribution in [0.1, 0.15) is 22.9 Å². The van der Waals surface area contributed by atoms with E-state index in [1.807, 2.05) is 60.7 Å². The predicted octanol–water partition coefficient (Wildman–Crippen LogP) is 4.44. The summed E-state index contributed by atoms with van der Waals surface area (Å²) in [6.07, 6.45) is 2.84. The molecule has 0 saturated carbocycles. The summed E-state index contributed by atoms with van der Waals surface area (Å²) in [5, 5.41) is 8.65. The molecular weight excluding hydrogens is 664 g/mol. The number of β-lactam (4-membered cyclic amide) rings is 1. The fourth-order valence-electron chi connectivity index (χ4n) is 4.70. The molecule has 46 heavy (non-hydrogen) atoms. The zero-order chi connectivity index (χ0) is 32.6. The Kier molecular flexibility index (Phi) is 10.8. The summed E-state index contributed by atoms with van der Waals surface area (Å²) in [5.41, 5.74) is 1.11. The number of allylic oxidation sites excluding steroid dienone is 2. The third-order valence-electron chi connectivity index (χ3n) is 6.68. The largest absolute Gasteiger partial charge is 0.448 e. The summed E-state index contributed by atoms with van der Waals surface area (Å²) in [4.78, 5) is 60.7. The molecule has 2 aliphatic rings. The highest BCUT2D eigenvalue weighted by atomic mass is 35.5. The van der Waals surface area contributed by atoms with Gasteiger partial charge < -0.3 is 20.2 Å². The summed E-state index contributed by atoms with van der Waals surface area (Å²) in [6, 6.07) is 17.1. The van der Waals surface area contributed by atoms with Gasteiger partial charge >= 0.3 is 12.6 Å². The lowest BCUT2D eigenvalue weighted by Crippen LogP contribution is -2.71. The van der Waals surface area contributed by atoms with Gasteiger partial charge in [0.25, 0.3) is 11.8 Å². The maximum Gasteiger partial charge on any atom is 0.407 e. The van der Waals surface area contributed by atoms with Crippen LogP contribution in [0.15, 0.2) is 94.6 Å². The molecule has 0 unspecified atom stereocenters. The molecule has 3 heterocycles. The summed E-state index contributed by atoms with van der Waals surface area (Å²) < 4.78 is 31.7. The van der Waals surface area contributed by atoms with Gasteiger partial charge in [-0.05, 0) is 16.7 Å². The number of benzene rings is 2. The molecule has 3 aromatic rings. The van der Waals surface area contributed by atoms with Gasteiger partial charge in [-0.2, -0.15) is 8.78 Å². The smallest absolute Gasteiger partial charge is 0.407 e. The number of thioether (sulfide) groups is 1. The van der Waals surface area contributed by atoms with E-state index in [9.17, 15) is 28.0 Å². The lowest BCUT2D eigenvalue weighted by atomic mass is 10.0. The van der Waals surface area contributed by atoms with Crippen LogP contribution in [0.5, 0.6) is 0 Å². The number of amides is 3. The highest BCUT2D eigenvalue weighted by Gasteiger charge is 2.54. The second-order valence-electron chi connectivity index (χ2n) is 9.50. The topological polar surface area (TPSA) is 139 Å². The number of nitrogens with zero attached hydrogens (tertiary/aromatic N) is 3. The summed E-state index contributed by atoms with van der Waals surface area (Å²) >= 11 is 8.06. The van der Waals surface area contributed by atoms with Gasteiger partial charge in [0.1, 0.15) is 22.8 Å². The number of carbonyl (C=O) groups excluding carboxylic acids is 4. The zero-order valence-corrected chi connectivity index (χ0v) is 25.9. The fourth-order valence-corrected chi connectivity index (χ4v) is 6.76. The summed E-state index contributed by atoms with van der Waals surface area (Å²) in [6.45, 7) is -3.34. The molecule has 16 heteroatoms. The number of hydrogen-bond acceptors (Lipinski definition) is 10. The summed E-state index contributed by atoms with van der Waals surface area (Å²) in [7, 11) is 0. The third-order valence-corrected chi connectivity index (χ3v) is 8.94. The molecule has 11 nitrogen and oxygen atoms in total. The number of hydrogen-bond donors (Lipinski definition) is 2. The van der Waals surface area contributed by atoms with Gasteiger partial charge in [0.05, 0.1) is 0 Å². The number of esters is 1. The number of ether oxygens (including phenoxy) is 1. The minimum absolute atomic E-state index is 0.00326. The van der Waals surface area contributed by atoms with E-state index in [1.165, 1.54) is 22.0 Å². The molecule has 2 aromatic carbocycles. The van der Waals surface area contributed by atoms with Crippen LogP contribution in [0, 0.1) is 0 Å². The molecule has 0 bridgehead atoms. The van der Waals surface area contributed by atoms with Gasteiger partial charge in [0.15, 0.2) is 16.9 Å². The number of halogens is 3. The molecule has 2 atom stereocenters. The second-order valence-corrected chi connectivity index (χ2v) is 11.8. The predicted molar refractivity (Wildman–Crippen MR) is 168 cm³/mol. The Labute approximate surface area is 274 Å². The van der Waals surface area contributed by atoms with Crippen molar-refractivity contribution in [3.63, 3.8) is 0 Å². The van der Waals surface area contributed by atoms with Crippen molar-refractivity contribution in [3.8, 4) is 0 Å². The van der Waals surface area contributed by atoms with Gasteiger partial charge in [0, 0.05) is 17.0 Å². The quantitative estimate of drug-likeness (QED) is 0.0672. The van der Waals surface area contributed by atoms with Crippen LogP contribution < -0.4 is 10.6 Å². The van der Waals surface area contributed by atoms with Crippen LogP contribution in [0.25, 0.3) is 0 Å². The maximum absolute atomic E-state index is 13.9. The number of fused-ring (bicyclic) bond motifs is 1. The van der Waals surface area contributed by atoms with Crippen molar-refractivity contribution in [1.29, 1.82) is 0 Å². The van der Waals surface area contributed by atoms with Gasteiger partial charge in [-0.15, -0.1) is 34.7 Å². The minimum Gasteiger partial charge on any atom is -0.448 e. The Morgan fingerprint density at radius 2 is 1.80 bits per heavy atom. The van der Waals surface area contributed by atoms with E-state index in [0.29, 0.717) is 23.1 Å². The zero-order valence-electron chi connectivity index (χ0n) is 23.5. The van der Waals surface area contributed by atoms with Crippen molar-refractivity contribution in [3.05, 3.63) is 106 Å². The molecule has 3 amide bonds. The van der Waals surface area contributed by atoms with Crippen LogP contribution >= 0.6 is 34.7 Å². The third kappa shape index (κ3) is 7.27. The Bertz CT molecular complexity index is 1650. The molecule has 0 spiro atoms.